The molecule has 1 heterocycles. The maximum atomic E-state index is 12.5. The molecule has 3 nitrogen and oxygen atoms in total. The monoisotopic (exact) mass is 388 g/mol. The second-order valence-electron chi connectivity index (χ2n) is 4.78. The molecule has 0 N–H and O–H groups in total. The van der Waals surface area contributed by atoms with Gasteiger partial charge in [0.15, 0.2) is 0 Å². The lowest BCUT2D eigenvalue weighted by Crippen LogP contribution is -2.49. The minimum atomic E-state index is 0.156. The van der Waals surface area contributed by atoms with Crippen molar-refractivity contribution in [1.29, 1.82) is 0 Å². The predicted octanol–water partition coefficient (Wildman–Crippen LogP) is 2.91. The lowest BCUT2D eigenvalue weighted by Gasteiger charge is -2.34. The summed E-state index contributed by atoms with van der Waals surface area (Å²) in [5, 5.41) is 0.993. The van der Waals surface area contributed by atoms with Gasteiger partial charge in [0.1, 0.15) is 0 Å². The number of amides is 1. The summed E-state index contributed by atoms with van der Waals surface area (Å²) in [7, 11) is 0. The molecule has 104 valence electrons. The third kappa shape index (κ3) is 3.80. The van der Waals surface area contributed by atoms with Crippen LogP contribution in [-0.4, -0.2) is 53.8 Å². The number of carbonyl (C=O) groups excluding carboxylic acids is 1. The largest absolute Gasteiger partial charge is 0.336 e. The molecule has 2 rings (SSSR count). The molecule has 5 heteroatoms. The molecule has 0 unspecified atom stereocenters. The second kappa shape index (κ2) is 6.86. The van der Waals surface area contributed by atoms with Crippen molar-refractivity contribution in [2.75, 3.05) is 38.1 Å². The summed E-state index contributed by atoms with van der Waals surface area (Å²) in [5.74, 6) is 0.156. The summed E-state index contributed by atoms with van der Waals surface area (Å²) in [6, 6.07) is 5.84. The van der Waals surface area contributed by atoms with Gasteiger partial charge in [0.25, 0.3) is 5.91 Å². The molecular formula is C14H18Br2N2O. The first-order valence-corrected chi connectivity index (χ1v) is 8.37. The van der Waals surface area contributed by atoms with Crippen molar-refractivity contribution in [3.05, 3.63) is 33.8 Å². The van der Waals surface area contributed by atoms with E-state index < -0.39 is 0 Å². The Labute approximate surface area is 131 Å². The lowest BCUT2D eigenvalue weighted by molar-refractivity contribution is 0.0644. The van der Waals surface area contributed by atoms with Gasteiger partial charge in [-0.1, -0.05) is 31.9 Å². The second-order valence-corrected chi connectivity index (χ2v) is 6.49. The third-order valence-corrected chi connectivity index (χ3v) is 4.33. The molecule has 0 bridgehead atoms. The quantitative estimate of drug-likeness (QED) is 0.742. The molecule has 0 radical (unpaired) electrons. The Morgan fingerprint density at radius 3 is 2.53 bits per heavy atom. The van der Waals surface area contributed by atoms with Crippen molar-refractivity contribution in [3.8, 4) is 0 Å². The Hall–Kier alpha value is -0.390. The molecule has 1 aliphatic heterocycles. The van der Waals surface area contributed by atoms with Gasteiger partial charge in [0.05, 0.1) is 0 Å². The fourth-order valence-electron chi connectivity index (χ4n) is 2.33. The highest BCUT2D eigenvalue weighted by Crippen LogP contribution is 2.18. The molecule has 1 fully saturated rings. The Morgan fingerprint density at radius 1 is 1.26 bits per heavy atom. The van der Waals surface area contributed by atoms with Gasteiger partial charge in [-0.2, -0.15) is 0 Å². The highest BCUT2D eigenvalue weighted by atomic mass is 79.9. The number of hydrogen-bond acceptors (Lipinski definition) is 2. The van der Waals surface area contributed by atoms with Crippen molar-refractivity contribution in [2.45, 2.75) is 6.92 Å². The summed E-state index contributed by atoms with van der Waals surface area (Å²) < 4.78 is 1.02. The molecule has 0 aliphatic carbocycles. The van der Waals surface area contributed by atoms with E-state index in [0.717, 1.165) is 53.7 Å². The maximum Gasteiger partial charge on any atom is 0.254 e. The van der Waals surface area contributed by atoms with E-state index >= 15 is 0 Å². The van der Waals surface area contributed by atoms with Gasteiger partial charge >= 0.3 is 0 Å². The van der Waals surface area contributed by atoms with E-state index in [4.69, 9.17) is 0 Å². The van der Waals surface area contributed by atoms with Gasteiger partial charge in [-0.3, -0.25) is 9.69 Å². The van der Waals surface area contributed by atoms with Crippen LogP contribution in [0.1, 0.15) is 15.9 Å². The van der Waals surface area contributed by atoms with Gasteiger partial charge in [-0.05, 0) is 30.7 Å². The highest BCUT2D eigenvalue weighted by molar-refractivity contribution is 9.10. The van der Waals surface area contributed by atoms with Crippen molar-refractivity contribution in [3.63, 3.8) is 0 Å². The number of nitrogens with zero attached hydrogens (tertiary/aromatic N) is 2. The van der Waals surface area contributed by atoms with Crippen LogP contribution in [0.15, 0.2) is 22.7 Å². The Morgan fingerprint density at radius 2 is 1.95 bits per heavy atom. The minimum Gasteiger partial charge on any atom is -0.336 e. The van der Waals surface area contributed by atoms with E-state index in [2.05, 4.69) is 36.8 Å². The van der Waals surface area contributed by atoms with Crippen LogP contribution in [0, 0.1) is 6.92 Å². The molecule has 1 saturated heterocycles. The van der Waals surface area contributed by atoms with Crippen LogP contribution in [0.2, 0.25) is 0 Å². The number of alkyl halides is 1. The molecule has 1 amide bonds. The maximum absolute atomic E-state index is 12.5. The molecule has 0 spiro atoms. The lowest BCUT2D eigenvalue weighted by atomic mass is 10.1. The smallest absolute Gasteiger partial charge is 0.254 e. The van der Waals surface area contributed by atoms with Crippen LogP contribution < -0.4 is 0 Å². The van der Waals surface area contributed by atoms with E-state index in [-0.39, 0.29) is 5.91 Å². The molecular weight excluding hydrogens is 372 g/mol. The molecule has 1 aliphatic rings. The zero-order valence-electron chi connectivity index (χ0n) is 11.0. The fourth-order valence-corrected chi connectivity index (χ4v) is 3.31. The summed E-state index contributed by atoms with van der Waals surface area (Å²) in [6.07, 6.45) is 0. The number of aryl methyl sites for hydroxylation is 1. The summed E-state index contributed by atoms with van der Waals surface area (Å²) >= 11 is 6.89. The predicted molar refractivity (Wildman–Crippen MR) is 85.0 cm³/mol. The minimum absolute atomic E-state index is 0.156. The molecule has 0 atom stereocenters. The highest BCUT2D eigenvalue weighted by Gasteiger charge is 2.22. The van der Waals surface area contributed by atoms with Gasteiger partial charge in [-0.15, -0.1) is 0 Å². The number of piperazine rings is 1. The number of carbonyl (C=O) groups is 1. The van der Waals surface area contributed by atoms with Crippen molar-refractivity contribution in [1.82, 2.24) is 9.80 Å². The summed E-state index contributed by atoms with van der Waals surface area (Å²) in [5.41, 5.74) is 1.85. The van der Waals surface area contributed by atoms with Crippen LogP contribution in [0.25, 0.3) is 0 Å². The zero-order valence-corrected chi connectivity index (χ0v) is 14.2. The molecule has 1 aromatic carbocycles. The normalized spacial score (nSPS) is 16.7. The Bertz CT molecular complexity index is 457. The zero-order chi connectivity index (χ0) is 13.8. The first-order chi connectivity index (χ1) is 9.11. The van der Waals surface area contributed by atoms with Gasteiger partial charge in [-0.25, -0.2) is 0 Å². The summed E-state index contributed by atoms with van der Waals surface area (Å²) in [6.45, 7) is 6.61. The number of benzene rings is 1. The van der Waals surface area contributed by atoms with Crippen molar-refractivity contribution in [2.24, 2.45) is 0 Å². The van der Waals surface area contributed by atoms with Crippen molar-refractivity contribution >= 4 is 37.8 Å². The van der Waals surface area contributed by atoms with E-state index in [0.29, 0.717) is 0 Å². The number of halogens is 2. The van der Waals surface area contributed by atoms with Crippen LogP contribution in [0.5, 0.6) is 0 Å². The fraction of sp³-hybridized carbons (Fsp3) is 0.500. The molecule has 0 aromatic heterocycles. The van der Waals surface area contributed by atoms with E-state index in [1.807, 2.05) is 30.0 Å². The average molecular weight is 390 g/mol. The van der Waals surface area contributed by atoms with Gasteiger partial charge < -0.3 is 4.90 Å². The van der Waals surface area contributed by atoms with Crippen LogP contribution in [0.4, 0.5) is 0 Å². The van der Waals surface area contributed by atoms with Crippen LogP contribution in [0.3, 0.4) is 0 Å². The first kappa shape index (κ1) is 15.0. The molecule has 1 aromatic rings. The van der Waals surface area contributed by atoms with Crippen LogP contribution in [-0.2, 0) is 0 Å². The van der Waals surface area contributed by atoms with E-state index in [9.17, 15) is 4.79 Å². The number of rotatable bonds is 3. The number of hydrogen-bond donors (Lipinski definition) is 0. The van der Waals surface area contributed by atoms with E-state index in [1.54, 1.807) is 0 Å². The van der Waals surface area contributed by atoms with E-state index in [1.165, 1.54) is 0 Å². The Kier molecular flexibility index (Phi) is 5.42. The van der Waals surface area contributed by atoms with Crippen molar-refractivity contribution < 1.29 is 4.79 Å². The third-order valence-electron chi connectivity index (χ3n) is 3.48. The standard InChI is InChI=1S/C14H18Br2N2O/c1-11-10-12(16)2-3-13(11)14(19)18-8-6-17(5-4-15)7-9-18/h2-3,10H,4-9H2,1H3. The summed E-state index contributed by atoms with van der Waals surface area (Å²) in [4.78, 5) is 16.8. The first-order valence-electron chi connectivity index (χ1n) is 6.45. The van der Waals surface area contributed by atoms with Gasteiger partial charge in [0, 0.05) is 48.1 Å². The molecule has 0 saturated carbocycles. The average Bonchev–Trinajstić information content (AvgIpc) is 2.39. The SMILES string of the molecule is Cc1cc(Br)ccc1C(=O)N1CCN(CCBr)CC1. The van der Waals surface area contributed by atoms with Gasteiger partial charge in [0.2, 0.25) is 0 Å². The Balaban J connectivity index is 2.01. The topological polar surface area (TPSA) is 23.6 Å². The van der Waals surface area contributed by atoms with Crippen LogP contribution >= 0.6 is 31.9 Å². The molecule has 19 heavy (non-hydrogen) atoms.